The molecule has 1 aromatic heterocycles. The second-order valence-electron chi connectivity index (χ2n) is 3.53. The number of rotatable bonds is 2. The van der Waals surface area contributed by atoms with Crippen molar-refractivity contribution in [2.75, 3.05) is 11.1 Å². The van der Waals surface area contributed by atoms with Gasteiger partial charge in [-0.15, -0.1) is 0 Å². The fraction of sp³-hybridized carbons (Fsp3) is 0.0909. The minimum absolute atomic E-state index is 0.126. The van der Waals surface area contributed by atoms with Crippen LogP contribution in [0, 0.1) is 6.92 Å². The van der Waals surface area contributed by atoms with Gasteiger partial charge in [-0.05, 0) is 25.1 Å². The van der Waals surface area contributed by atoms with Gasteiger partial charge in [-0.3, -0.25) is 4.79 Å². The Hall–Kier alpha value is -2.01. The maximum absolute atomic E-state index is 11.7. The predicted octanol–water partition coefficient (Wildman–Crippen LogP) is 2.47. The molecular weight excluding hydrogens is 242 g/mol. The van der Waals surface area contributed by atoms with E-state index in [-0.39, 0.29) is 5.76 Å². The minimum atomic E-state index is -0.418. The molecule has 1 amide bonds. The third kappa shape index (κ3) is 2.57. The van der Waals surface area contributed by atoms with Gasteiger partial charge in [-0.25, -0.2) is 0 Å². The van der Waals surface area contributed by atoms with Crippen LogP contribution in [0.25, 0.3) is 0 Å². The molecule has 5 nitrogen and oxygen atoms in total. The number of carbonyl (C=O) groups excluding carboxylic acids is 1. The molecule has 0 saturated heterocycles. The largest absolute Gasteiger partial charge is 0.399 e. The van der Waals surface area contributed by atoms with Crippen molar-refractivity contribution in [2.45, 2.75) is 6.92 Å². The first-order valence-electron chi connectivity index (χ1n) is 4.86. The van der Waals surface area contributed by atoms with E-state index in [9.17, 15) is 4.79 Å². The Morgan fingerprint density at radius 3 is 2.88 bits per heavy atom. The lowest BCUT2D eigenvalue weighted by Gasteiger charge is -2.05. The van der Waals surface area contributed by atoms with Gasteiger partial charge in [0.05, 0.1) is 16.4 Å². The highest BCUT2D eigenvalue weighted by atomic mass is 35.5. The van der Waals surface area contributed by atoms with Crippen molar-refractivity contribution in [3.8, 4) is 0 Å². The molecule has 6 heteroatoms. The molecule has 0 fully saturated rings. The van der Waals surface area contributed by atoms with Crippen LogP contribution in [-0.4, -0.2) is 11.1 Å². The number of aromatic nitrogens is 1. The first-order chi connectivity index (χ1) is 8.06. The fourth-order valence-corrected chi connectivity index (χ4v) is 1.46. The van der Waals surface area contributed by atoms with Gasteiger partial charge in [-0.1, -0.05) is 16.8 Å². The normalized spacial score (nSPS) is 10.2. The van der Waals surface area contributed by atoms with Crippen molar-refractivity contribution in [2.24, 2.45) is 0 Å². The number of nitrogens with zero attached hydrogens (tertiary/aromatic N) is 1. The molecule has 0 bridgehead atoms. The number of hydrogen-bond acceptors (Lipinski definition) is 4. The summed E-state index contributed by atoms with van der Waals surface area (Å²) in [4.78, 5) is 11.7. The van der Waals surface area contributed by atoms with E-state index in [0.717, 1.165) is 0 Å². The van der Waals surface area contributed by atoms with E-state index in [1.54, 1.807) is 25.1 Å². The number of aryl methyl sites for hydroxylation is 1. The van der Waals surface area contributed by atoms with Crippen LogP contribution in [0.3, 0.4) is 0 Å². The Morgan fingerprint density at radius 1 is 1.47 bits per heavy atom. The molecule has 88 valence electrons. The van der Waals surface area contributed by atoms with Gasteiger partial charge in [0.15, 0.2) is 0 Å². The van der Waals surface area contributed by atoms with Crippen molar-refractivity contribution < 1.29 is 9.32 Å². The van der Waals surface area contributed by atoms with Gasteiger partial charge in [0.25, 0.3) is 5.91 Å². The van der Waals surface area contributed by atoms with Gasteiger partial charge in [0, 0.05) is 11.8 Å². The highest BCUT2D eigenvalue weighted by Crippen LogP contribution is 2.24. The van der Waals surface area contributed by atoms with Gasteiger partial charge in [0.1, 0.15) is 0 Å². The second-order valence-corrected chi connectivity index (χ2v) is 3.93. The van der Waals surface area contributed by atoms with Crippen molar-refractivity contribution in [1.29, 1.82) is 0 Å². The summed E-state index contributed by atoms with van der Waals surface area (Å²) in [5, 5.41) is 6.63. The molecule has 1 aromatic carbocycles. The summed E-state index contributed by atoms with van der Waals surface area (Å²) >= 11 is 5.92. The van der Waals surface area contributed by atoms with Crippen LogP contribution >= 0.6 is 11.6 Å². The molecule has 0 aliphatic heterocycles. The molecule has 1 heterocycles. The maximum Gasteiger partial charge on any atom is 0.294 e. The van der Waals surface area contributed by atoms with Crippen LogP contribution < -0.4 is 11.1 Å². The number of nitrogen functional groups attached to an aromatic ring is 1. The van der Waals surface area contributed by atoms with Gasteiger partial charge >= 0.3 is 0 Å². The average molecular weight is 252 g/mol. The van der Waals surface area contributed by atoms with E-state index in [4.69, 9.17) is 21.9 Å². The smallest absolute Gasteiger partial charge is 0.294 e. The zero-order valence-corrected chi connectivity index (χ0v) is 9.78. The molecule has 0 radical (unpaired) electrons. The first-order valence-corrected chi connectivity index (χ1v) is 5.24. The van der Waals surface area contributed by atoms with Gasteiger partial charge in [0.2, 0.25) is 5.76 Å². The van der Waals surface area contributed by atoms with Crippen molar-refractivity contribution >= 4 is 28.9 Å². The standard InChI is InChI=1S/C11H10ClN3O2/c1-6-4-10(17-15-6)11(16)14-9-5-7(13)2-3-8(9)12/h2-5H,13H2,1H3,(H,14,16). The number of anilines is 2. The lowest BCUT2D eigenvalue weighted by molar-refractivity contribution is 0.0988. The molecule has 0 unspecified atom stereocenters. The molecule has 0 atom stereocenters. The van der Waals surface area contributed by atoms with Crippen LogP contribution in [0.15, 0.2) is 28.8 Å². The predicted molar refractivity (Wildman–Crippen MR) is 65.1 cm³/mol. The average Bonchev–Trinajstić information content (AvgIpc) is 2.70. The monoisotopic (exact) mass is 251 g/mol. The third-order valence-electron chi connectivity index (χ3n) is 2.09. The summed E-state index contributed by atoms with van der Waals surface area (Å²) < 4.78 is 4.83. The zero-order chi connectivity index (χ0) is 12.4. The molecule has 2 aromatic rings. The lowest BCUT2D eigenvalue weighted by atomic mass is 10.2. The number of amides is 1. The molecule has 2 rings (SSSR count). The first kappa shape index (κ1) is 11.5. The Morgan fingerprint density at radius 2 is 2.24 bits per heavy atom. The third-order valence-corrected chi connectivity index (χ3v) is 2.42. The van der Waals surface area contributed by atoms with Crippen molar-refractivity contribution in [1.82, 2.24) is 5.16 Å². The van der Waals surface area contributed by atoms with E-state index in [1.807, 2.05) is 0 Å². The summed E-state index contributed by atoms with van der Waals surface area (Å²) in [6, 6.07) is 6.37. The number of benzene rings is 1. The van der Waals surface area contributed by atoms with Crippen molar-refractivity contribution in [3.05, 3.63) is 40.7 Å². The molecular formula is C11H10ClN3O2. The van der Waals surface area contributed by atoms with E-state index in [1.165, 1.54) is 6.07 Å². The molecule has 0 spiro atoms. The molecule has 0 aliphatic rings. The second kappa shape index (κ2) is 4.47. The lowest BCUT2D eigenvalue weighted by Crippen LogP contribution is -2.11. The van der Waals surface area contributed by atoms with E-state index < -0.39 is 5.91 Å². The molecule has 17 heavy (non-hydrogen) atoms. The summed E-state index contributed by atoms with van der Waals surface area (Å²) in [5.41, 5.74) is 7.18. The van der Waals surface area contributed by atoms with Crippen LogP contribution in [0.2, 0.25) is 5.02 Å². The highest BCUT2D eigenvalue weighted by Gasteiger charge is 2.13. The van der Waals surface area contributed by atoms with Crippen LogP contribution in [0.1, 0.15) is 16.2 Å². The van der Waals surface area contributed by atoms with Gasteiger partial charge in [-0.2, -0.15) is 0 Å². The highest BCUT2D eigenvalue weighted by molar-refractivity contribution is 6.34. The zero-order valence-electron chi connectivity index (χ0n) is 9.03. The summed E-state index contributed by atoms with van der Waals surface area (Å²) in [5.74, 6) is -0.293. The van der Waals surface area contributed by atoms with E-state index >= 15 is 0 Å². The van der Waals surface area contributed by atoms with E-state index in [0.29, 0.717) is 22.1 Å². The molecule has 0 saturated carbocycles. The number of carbonyl (C=O) groups is 1. The summed E-state index contributed by atoms with van der Waals surface area (Å²) in [6.45, 7) is 1.73. The fourth-order valence-electron chi connectivity index (χ4n) is 1.29. The number of nitrogens with two attached hydrogens (primary N) is 1. The Kier molecular flexibility index (Phi) is 3.01. The quantitative estimate of drug-likeness (QED) is 0.804. The molecule has 3 N–H and O–H groups in total. The van der Waals surface area contributed by atoms with Crippen molar-refractivity contribution in [3.63, 3.8) is 0 Å². The Labute approximate surface area is 103 Å². The maximum atomic E-state index is 11.7. The SMILES string of the molecule is Cc1cc(C(=O)Nc2cc(N)ccc2Cl)on1. The Bertz CT molecular complexity index is 566. The van der Waals surface area contributed by atoms with Crippen LogP contribution in [0.4, 0.5) is 11.4 Å². The summed E-state index contributed by atoms with van der Waals surface area (Å²) in [7, 11) is 0. The minimum Gasteiger partial charge on any atom is -0.399 e. The van der Waals surface area contributed by atoms with Crippen LogP contribution in [-0.2, 0) is 0 Å². The summed E-state index contributed by atoms with van der Waals surface area (Å²) in [6.07, 6.45) is 0. The number of halogens is 1. The van der Waals surface area contributed by atoms with Gasteiger partial charge < -0.3 is 15.6 Å². The number of nitrogens with one attached hydrogen (secondary N) is 1. The number of hydrogen-bond donors (Lipinski definition) is 2. The Balaban J connectivity index is 2.21. The molecule has 0 aliphatic carbocycles. The van der Waals surface area contributed by atoms with Crippen LogP contribution in [0.5, 0.6) is 0 Å². The topological polar surface area (TPSA) is 81.2 Å². The van der Waals surface area contributed by atoms with E-state index in [2.05, 4.69) is 10.5 Å².